The molecule has 2 aromatic heterocycles. The maximum absolute atomic E-state index is 12.6. The number of thioether (sulfide) groups is 1. The summed E-state index contributed by atoms with van der Waals surface area (Å²) < 4.78 is 5.79. The van der Waals surface area contributed by atoms with Gasteiger partial charge >= 0.3 is 0 Å². The molecule has 0 spiro atoms. The molecular weight excluding hydrogens is 414 g/mol. The van der Waals surface area contributed by atoms with Crippen molar-refractivity contribution in [2.24, 2.45) is 0 Å². The van der Waals surface area contributed by atoms with Crippen LogP contribution in [0.2, 0.25) is 5.02 Å². The molecule has 150 valence electrons. The van der Waals surface area contributed by atoms with Crippen LogP contribution in [-0.2, 0) is 19.8 Å². The Kier molecular flexibility index (Phi) is 7.34. The molecule has 8 nitrogen and oxygen atoms in total. The molecule has 0 atom stereocenters. The van der Waals surface area contributed by atoms with Crippen molar-refractivity contribution in [1.29, 1.82) is 0 Å². The number of aliphatic hydroxyl groups excluding tert-OH is 1. The maximum Gasteiger partial charge on any atom is 0.258 e. The van der Waals surface area contributed by atoms with Gasteiger partial charge in [-0.1, -0.05) is 35.5 Å². The molecule has 0 radical (unpaired) electrons. The van der Waals surface area contributed by atoms with Crippen LogP contribution in [0.3, 0.4) is 0 Å². The molecule has 0 unspecified atom stereocenters. The van der Waals surface area contributed by atoms with Crippen molar-refractivity contribution in [2.45, 2.75) is 24.9 Å². The maximum atomic E-state index is 12.6. The number of hydrogen-bond acceptors (Lipinski definition) is 8. The predicted octanol–water partition coefficient (Wildman–Crippen LogP) is 2.64. The third kappa shape index (κ3) is 5.63. The van der Waals surface area contributed by atoms with E-state index in [2.05, 4.69) is 25.3 Å². The van der Waals surface area contributed by atoms with Crippen molar-refractivity contribution in [3.8, 4) is 5.88 Å². The summed E-state index contributed by atoms with van der Waals surface area (Å²) in [6.07, 6.45) is 6.47. The zero-order chi connectivity index (χ0) is 20.6. The molecular formula is C19H18ClN5O3S. The van der Waals surface area contributed by atoms with Crippen LogP contribution >= 0.6 is 23.4 Å². The van der Waals surface area contributed by atoms with Crippen molar-refractivity contribution >= 4 is 29.3 Å². The van der Waals surface area contributed by atoms with Crippen molar-refractivity contribution in [3.05, 3.63) is 70.4 Å². The lowest BCUT2D eigenvalue weighted by Gasteiger charge is -2.12. The van der Waals surface area contributed by atoms with Gasteiger partial charge in [-0.05, 0) is 29.5 Å². The third-order valence-electron chi connectivity index (χ3n) is 3.85. The Morgan fingerprint density at radius 2 is 2.07 bits per heavy atom. The van der Waals surface area contributed by atoms with Gasteiger partial charge in [-0.3, -0.25) is 4.79 Å². The van der Waals surface area contributed by atoms with Crippen molar-refractivity contribution < 1.29 is 14.6 Å². The molecule has 2 heterocycles. The molecule has 0 saturated carbocycles. The van der Waals surface area contributed by atoms with Crippen molar-refractivity contribution in [2.75, 3.05) is 6.26 Å². The van der Waals surface area contributed by atoms with E-state index in [9.17, 15) is 9.90 Å². The summed E-state index contributed by atoms with van der Waals surface area (Å²) in [5.74, 6) is 0.260. The zero-order valence-corrected chi connectivity index (χ0v) is 17.1. The lowest BCUT2D eigenvalue weighted by Crippen LogP contribution is -2.25. The van der Waals surface area contributed by atoms with E-state index >= 15 is 0 Å². The summed E-state index contributed by atoms with van der Waals surface area (Å²) >= 11 is 7.46. The summed E-state index contributed by atoms with van der Waals surface area (Å²) in [7, 11) is 0. The highest BCUT2D eigenvalue weighted by atomic mass is 35.5. The number of hydrogen-bond donors (Lipinski definition) is 2. The lowest BCUT2D eigenvalue weighted by atomic mass is 10.1. The topological polar surface area (TPSA) is 110 Å². The largest absolute Gasteiger partial charge is 0.472 e. The van der Waals surface area contributed by atoms with Gasteiger partial charge in [0.05, 0.1) is 13.2 Å². The second-order valence-electron chi connectivity index (χ2n) is 5.80. The Hall–Kier alpha value is -2.75. The average Bonchev–Trinajstić information content (AvgIpc) is 2.76. The first kappa shape index (κ1) is 21.0. The van der Waals surface area contributed by atoms with Gasteiger partial charge in [0.1, 0.15) is 18.0 Å². The summed E-state index contributed by atoms with van der Waals surface area (Å²) in [5, 5.41) is 12.9. The van der Waals surface area contributed by atoms with Crippen LogP contribution in [0, 0.1) is 0 Å². The van der Waals surface area contributed by atoms with E-state index in [1.807, 2.05) is 6.26 Å². The number of carbonyl (C=O) groups excluding carboxylic acids is 1. The Balaban J connectivity index is 1.74. The fourth-order valence-corrected chi connectivity index (χ4v) is 2.95. The van der Waals surface area contributed by atoms with E-state index in [0.717, 1.165) is 5.56 Å². The van der Waals surface area contributed by atoms with Gasteiger partial charge in [0, 0.05) is 23.6 Å². The third-order valence-corrected chi connectivity index (χ3v) is 4.76. The molecule has 0 aliphatic carbocycles. The quantitative estimate of drug-likeness (QED) is 0.413. The van der Waals surface area contributed by atoms with Gasteiger partial charge in [0.15, 0.2) is 5.16 Å². The minimum atomic E-state index is -0.395. The van der Waals surface area contributed by atoms with E-state index in [-0.39, 0.29) is 31.2 Å². The zero-order valence-electron chi connectivity index (χ0n) is 15.5. The van der Waals surface area contributed by atoms with Crippen LogP contribution in [-0.4, -0.2) is 37.2 Å². The molecule has 3 rings (SSSR count). The molecule has 29 heavy (non-hydrogen) atoms. The number of halogens is 1. The van der Waals surface area contributed by atoms with Crippen LogP contribution in [0.25, 0.3) is 0 Å². The Bertz CT molecular complexity index is 991. The fourth-order valence-electron chi connectivity index (χ4n) is 2.35. The van der Waals surface area contributed by atoms with E-state index in [0.29, 0.717) is 21.6 Å². The van der Waals surface area contributed by atoms with Crippen molar-refractivity contribution in [3.63, 3.8) is 0 Å². The van der Waals surface area contributed by atoms with Gasteiger partial charge in [0.2, 0.25) is 5.88 Å². The van der Waals surface area contributed by atoms with Crippen LogP contribution in [0.4, 0.5) is 0 Å². The smallest absolute Gasteiger partial charge is 0.258 e. The first-order valence-electron chi connectivity index (χ1n) is 8.56. The molecule has 0 aliphatic rings. The fraction of sp³-hybridized carbons (Fsp3) is 0.211. The lowest BCUT2D eigenvalue weighted by molar-refractivity contribution is 0.0943. The first-order valence-corrected chi connectivity index (χ1v) is 10.2. The second-order valence-corrected chi connectivity index (χ2v) is 6.98. The number of aromatic nitrogens is 4. The highest BCUT2D eigenvalue weighted by Crippen LogP contribution is 2.22. The predicted molar refractivity (Wildman–Crippen MR) is 109 cm³/mol. The van der Waals surface area contributed by atoms with E-state index in [1.54, 1.807) is 36.7 Å². The summed E-state index contributed by atoms with van der Waals surface area (Å²) in [6.45, 7) is 0.179. The standard InChI is InChI=1S/C19H18ClN5O3S/c1-29-19-24-8-14(17(27)23-9-16-21-5-2-6-22-16)18(25-19)28-11-12-3-4-13(10-26)15(20)7-12/h2-8,26H,9-11H2,1H3,(H,23,27). The Labute approximate surface area is 176 Å². The van der Waals surface area contributed by atoms with Gasteiger partial charge in [-0.25, -0.2) is 15.0 Å². The summed E-state index contributed by atoms with van der Waals surface area (Å²) in [5.41, 5.74) is 1.61. The van der Waals surface area contributed by atoms with Crippen LogP contribution < -0.4 is 10.1 Å². The molecule has 2 N–H and O–H groups in total. The number of amides is 1. The summed E-state index contributed by atoms with van der Waals surface area (Å²) in [6, 6.07) is 6.92. The van der Waals surface area contributed by atoms with Crippen LogP contribution in [0.5, 0.6) is 5.88 Å². The second kappa shape index (κ2) is 10.1. The molecule has 10 heteroatoms. The number of aliphatic hydroxyl groups is 1. The first-order chi connectivity index (χ1) is 14.1. The highest BCUT2D eigenvalue weighted by Gasteiger charge is 2.17. The van der Waals surface area contributed by atoms with Gasteiger partial charge < -0.3 is 15.2 Å². The van der Waals surface area contributed by atoms with Gasteiger partial charge in [-0.2, -0.15) is 4.98 Å². The molecule has 0 aliphatic heterocycles. The number of ether oxygens (including phenoxy) is 1. The SMILES string of the molecule is CSc1ncc(C(=O)NCc2ncccn2)c(OCc2ccc(CO)c(Cl)c2)n1. The monoisotopic (exact) mass is 431 g/mol. The number of nitrogens with one attached hydrogen (secondary N) is 1. The number of nitrogens with zero attached hydrogens (tertiary/aromatic N) is 4. The van der Waals surface area contributed by atoms with E-state index < -0.39 is 5.91 Å². The molecule has 0 saturated heterocycles. The molecule has 1 aromatic carbocycles. The Morgan fingerprint density at radius 3 is 2.76 bits per heavy atom. The van der Waals surface area contributed by atoms with E-state index in [4.69, 9.17) is 16.3 Å². The van der Waals surface area contributed by atoms with Gasteiger partial charge in [-0.15, -0.1) is 0 Å². The molecule has 3 aromatic rings. The number of benzene rings is 1. The molecule has 0 fully saturated rings. The van der Waals surface area contributed by atoms with Crippen molar-refractivity contribution in [1.82, 2.24) is 25.3 Å². The number of rotatable bonds is 8. The summed E-state index contributed by atoms with van der Waals surface area (Å²) in [4.78, 5) is 29.2. The van der Waals surface area contributed by atoms with Crippen LogP contribution in [0.15, 0.2) is 48.0 Å². The average molecular weight is 432 g/mol. The number of carbonyl (C=O) groups is 1. The van der Waals surface area contributed by atoms with E-state index in [1.165, 1.54) is 18.0 Å². The van der Waals surface area contributed by atoms with Gasteiger partial charge in [0.25, 0.3) is 5.91 Å². The minimum absolute atomic E-state index is 0.140. The molecule has 0 bridgehead atoms. The van der Waals surface area contributed by atoms with Crippen LogP contribution in [0.1, 0.15) is 27.3 Å². The Morgan fingerprint density at radius 1 is 1.28 bits per heavy atom. The molecule has 1 amide bonds. The normalized spacial score (nSPS) is 10.6. The highest BCUT2D eigenvalue weighted by molar-refractivity contribution is 7.98. The minimum Gasteiger partial charge on any atom is -0.472 e.